The molecule has 2 aliphatic rings. The summed E-state index contributed by atoms with van der Waals surface area (Å²) in [4.78, 5) is 48.0. The van der Waals surface area contributed by atoms with Crippen LogP contribution in [0.1, 0.15) is 65.5 Å². The highest BCUT2D eigenvalue weighted by atomic mass is 32.1. The van der Waals surface area contributed by atoms with Crippen molar-refractivity contribution >= 4 is 40.1 Å². The molecule has 1 saturated carbocycles. The van der Waals surface area contributed by atoms with Gasteiger partial charge in [0.15, 0.2) is 5.75 Å². The van der Waals surface area contributed by atoms with E-state index in [1.165, 1.54) is 11.1 Å². The number of aromatic carboxylic acids is 1. The number of aromatic nitrogens is 1. The van der Waals surface area contributed by atoms with Crippen LogP contribution in [-0.2, 0) is 16.0 Å². The number of rotatable bonds is 6. The molecule has 3 aromatic rings. The second kappa shape index (κ2) is 11.5. The highest BCUT2D eigenvalue weighted by Gasteiger charge is 2.38. The molecule has 0 aliphatic heterocycles. The number of carboxylic acids is 2. The van der Waals surface area contributed by atoms with Gasteiger partial charge in [0.25, 0.3) is 0 Å². The number of alkyl halides is 3. The van der Waals surface area contributed by atoms with Crippen LogP contribution in [0.15, 0.2) is 29.2 Å². The van der Waals surface area contributed by atoms with Gasteiger partial charge >= 0.3 is 18.1 Å². The topological polar surface area (TPSA) is 161 Å². The summed E-state index contributed by atoms with van der Waals surface area (Å²) >= 11 is 1.66. The van der Waals surface area contributed by atoms with E-state index < -0.39 is 29.6 Å². The summed E-state index contributed by atoms with van der Waals surface area (Å²) in [6.45, 7) is 1.67. The predicted molar refractivity (Wildman–Crippen MR) is 144 cm³/mol. The summed E-state index contributed by atoms with van der Waals surface area (Å²) in [5, 5.41) is 20.1. The minimum absolute atomic E-state index is 0.0820. The molecule has 2 aliphatic carbocycles. The average molecular weight is 596 g/mol. The van der Waals surface area contributed by atoms with Gasteiger partial charge in [0.2, 0.25) is 11.3 Å². The Morgan fingerprint density at radius 1 is 1.20 bits per heavy atom. The van der Waals surface area contributed by atoms with E-state index in [1.54, 1.807) is 31.4 Å². The van der Waals surface area contributed by atoms with Gasteiger partial charge in [0.05, 0.1) is 30.1 Å². The van der Waals surface area contributed by atoms with Gasteiger partial charge in [0.1, 0.15) is 5.56 Å². The third-order valence-electron chi connectivity index (χ3n) is 6.87. The molecule has 2 atom stereocenters. The Kier molecular flexibility index (Phi) is 8.45. The van der Waals surface area contributed by atoms with Crippen LogP contribution in [0.3, 0.4) is 0 Å². The number of thiophene rings is 1. The number of pyridine rings is 1. The molecule has 5 N–H and O–H groups in total. The largest absolute Gasteiger partial charge is 0.494 e. The van der Waals surface area contributed by atoms with E-state index in [-0.39, 0.29) is 23.6 Å². The molecule has 14 heteroatoms. The van der Waals surface area contributed by atoms with E-state index in [2.05, 4.69) is 11.4 Å². The van der Waals surface area contributed by atoms with E-state index in [4.69, 9.17) is 20.4 Å². The number of halogens is 3. The maximum absolute atomic E-state index is 12.9. The van der Waals surface area contributed by atoms with E-state index in [0.717, 1.165) is 48.1 Å². The van der Waals surface area contributed by atoms with E-state index in [1.807, 2.05) is 10.6 Å². The van der Waals surface area contributed by atoms with Crippen LogP contribution >= 0.6 is 11.3 Å². The fraction of sp³-hybridized carbons (Fsp3) is 0.407. The first-order valence-electron chi connectivity index (χ1n) is 12.7. The molecule has 1 unspecified atom stereocenters. The summed E-state index contributed by atoms with van der Waals surface area (Å²) in [5.41, 5.74) is 7.60. The fourth-order valence-corrected chi connectivity index (χ4v) is 6.04. The molecule has 2 heterocycles. The standard InChI is InChI=1S/C25H27N3O5S.C2HF3O2/c1-12(26)24(30)27-18-4-3-5-19-16(18)10-20(34-19)14-8-9-15-21(23(14)33-2)28(13-6-7-13)11-17(22(15)29)25(31)32;3-2(4,5)1(6)7/h8-13,18H,3-7,26H2,1-2H3,(H,27,30)(H,31,32);(H,6,7)/t12-,18?;/m1./s1. The number of nitrogens with two attached hydrogens (primary N) is 1. The van der Waals surface area contributed by atoms with Gasteiger partial charge in [-0.25, -0.2) is 9.59 Å². The highest BCUT2D eigenvalue weighted by molar-refractivity contribution is 7.15. The number of amides is 1. The van der Waals surface area contributed by atoms with Gasteiger partial charge in [-0.15, -0.1) is 11.3 Å². The highest BCUT2D eigenvalue weighted by Crippen LogP contribution is 2.46. The fourth-order valence-electron chi connectivity index (χ4n) is 4.75. The number of ether oxygens (including phenoxy) is 1. The zero-order chi connectivity index (χ0) is 30.2. The van der Waals surface area contributed by atoms with E-state index >= 15 is 0 Å². The lowest BCUT2D eigenvalue weighted by atomic mass is 9.93. The Morgan fingerprint density at radius 3 is 2.39 bits per heavy atom. The monoisotopic (exact) mass is 595 g/mol. The van der Waals surface area contributed by atoms with Crippen molar-refractivity contribution in [2.24, 2.45) is 5.73 Å². The van der Waals surface area contributed by atoms with Crippen LogP contribution in [0.2, 0.25) is 0 Å². The molecule has 0 spiro atoms. The van der Waals surface area contributed by atoms with Gasteiger partial charge in [-0.05, 0) is 62.8 Å². The molecule has 10 nitrogen and oxygen atoms in total. The molecule has 0 saturated heterocycles. The number of hydrogen-bond acceptors (Lipinski definition) is 7. The minimum atomic E-state index is -5.08. The van der Waals surface area contributed by atoms with Crippen LogP contribution < -0.4 is 21.2 Å². The van der Waals surface area contributed by atoms with Crippen molar-refractivity contribution in [2.45, 2.75) is 63.3 Å². The van der Waals surface area contributed by atoms with Gasteiger partial charge in [-0.3, -0.25) is 9.59 Å². The molecule has 1 fully saturated rings. The van der Waals surface area contributed by atoms with Gasteiger partial charge in [-0.2, -0.15) is 13.2 Å². The maximum Gasteiger partial charge on any atom is 0.490 e. The van der Waals surface area contributed by atoms with Crippen molar-refractivity contribution in [3.8, 4) is 16.2 Å². The number of aryl methyl sites for hydroxylation is 1. The first-order valence-corrected chi connectivity index (χ1v) is 13.5. The van der Waals surface area contributed by atoms with Crippen LogP contribution in [0.25, 0.3) is 21.3 Å². The number of benzene rings is 1. The zero-order valence-corrected chi connectivity index (χ0v) is 22.9. The lowest BCUT2D eigenvalue weighted by Crippen LogP contribution is -2.40. The lowest BCUT2D eigenvalue weighted by molar-refractivity contribution is -0.192. The zero-order valence-electron chi connectivity index (χ0n) is 22.1. The predicted octanol–water partition coefficient (Wildman–Crippen LogP) is 4.25. The SMILES string of the molecule is COc1c(-c2cc3c(s2)CCCC3NC(=O)[C@@H](C)N)ccc2c(=O)c(C(=O)O)cn(C3CC3)c12.O=C(O)C(F)(F)F. The van der Waals surface area contributed by atoms with Gasteiger partial charge < -0.3 is 30.6 Å². The summed E-state index contributed by atoms with van der Waals surface area (Å²) in [6, 6.07) is 5.13. The summed E-state index contributed by atoms with van der Waals surface area (Å²) in [6.07, 6.45) is 1.00. The first kappa shape index (κ1) is 30.1. The molecule has 0 radical (unpaired) electrons. The lowest BCUT2D eigenvalue weighted by Gasteiger charge is -2.24. The van der Waals surface area contributed by atoms with Gasteiger partial charge in [-0.1, -0.05) is 0 Å². The second-order valence-electron chi connectivity index (χ2n) is 9.89. The molecule has 41 heavy (non-hydrogen) atoms. The van der Waals surface area contributed by atoms with Crippen molar-refractivity contribution in [3.63, 3.8) is 0 Å². The molecule has 0 bridgehead atoms. The Balaban J connectivity index is 0.000000493. The van der Waals surface area contributed by atoms with Gasteiger partial charge in [0, 0.05) is 27.6 Å². The Hall–Kier alpha value is -3.91. The number of methoxy groups -OCH3 is 1. The summed E-state index contributed by atoms with van der Waals surface area (Å²) in [5.74, 6) is -3.59. The third-order valence-corrected chi connectivity index (χ3v) is 8.12. The second-order valence-corrected chi connectivity index (χ2v) is 11.0. The Labute approximate surface area is 235 Å². The average Bonchev–Trinajstić information content (AvgIpc) is 3.65. The molecule has 2 aromatic heterocycles. The minimum Gasteiger partial charge on any atom is -0.494 e. The van der Waals surface area contributed by atoms with Crippen molar-refractivity contribution in [3.05, 3.63) is 50.6 Å². The molecule has 1 aromatic carbocycles. The quantitative estimate of drug-likeness (QED) is 0.329. The number of hydrogen-bond donors (Lipinski definition) is 4. The number of nitrogens with zero attached hydrogens (tertiary/aromatic N) is 1. The smallest absolute Gasteiger partial charge is 0.490 e. The summed E-state index contributed by atoms with van der Waals surface area (Å²) < 4.78 is 39.5. The number of nitrogens with one attached hydrogen (secondary N) is 1. The van der Waals surface area contributed by atoms with Crippen molar-refractivity contribution in [2.75, 3.05) is 7.11 Å². The van der Waals surface area contributed by atoms with E-state index in [0.29, 0.717) is 16.7 Å². The van der Waals surface area contributed by atoms with E-state index in [9.17, 15) is 32.7 Å². The summed E-state index contributed by atoms with van der Waals surface area (Å²) in [7, 11) is 1.57. The Bertz CT molecular complexity index is 1570. The first-order chi connectivity index (χ1) is 19.2. The van der Waals surface area contributed by atoms with Crippen molar-refractivity contribution < 1.29 is 42.5 Å². The third kappa shape index (κ3) is 6.22. The molecule has 220 valence electrons. The number of carbonyl (C=O) groups excluding carboxylic acids is 1. The normalized spacial score (nSPS) is 17.2. The number of fused-ring (bicyclic) bond motifs is 2. The number of carboxylic acid groups (broad SMARTS) is 2. The van der Waals surface area contributed by atoms with Crippen LogP contribution in [0.4, 0.5) is 13.2 Å². The van der Waals surface area contributed by atoms with Crippen molar-refractivity contribution in [1.29, 1.82) is 0 Å². The maximum atomic E-state index is 12.9. The van der Waals surface area contributed by atoms with Crippen molar-refractivity contribution in [1.82, 2.24) is 9.88 Å². The van der Waals surface area contributed by atoms with Crippen LogP contribution in [-0.4, -0.2) is 52.0 Å². The number of carbonyl (C=O) groups is 3. The molecule has 5 rings (SSSR count). The Morgan fingerprint density at radius 2 is 1.85 bits per heavy atom. The molecule has 1 amide bonds. The number of aliphatic carboxylic acids is 1. The molecular weight excluding hydrogens is 567 g/mol. The molecular formula is C27H28F3N3O7S. The van der Waals surface area contributed by atoms with Crippen LogP contribution in [0, 0.1) is 0 Å². The van der Waals surface area contributed by atoms with Crippen LogP contribution in [0.5, 0.6) is 5.75 Å².